The van der Waals surface area contributed by atoms with Crippen LogP contribution in [0, 0.1) is 0 Å². The van der Waals surface area contributed by atoms with E-state index in [1.807, 2.05) is 0 Å². The highest BCUT2D eigenvalue weighted by molar-refractivity contribution is 7.80. The van der Waals surface area contributed by atoms with Crippen LogP contribution in [-0.2, 0) is 20.8 Å². The third-order valence-electron chi connectivity index (χ3n) is 4.76. The second-order valence-corrected chi connectivity index (χ2v) is 7.86. The van der Waals surface area contributed by atoms with Gasteiger partial charge in [-0.05, 0) is 36.2 Å². The summed E-state index contributed by atoms with van der Waals surface area (Å²) in [6.45, 7) is 1.66. The smallest absolute Gasteiger partial charge is 0.326 e. The summed E-state index contributed by atoms with van der Waals surface area (Å²) >= 11 is 4.85. The Morgan fingerprint density at radius 2 is 1.76 bits per heavy atom. The molecule has 0 radical (unpaired) electrons. The second kappa shape index (κ2) is 11.8. The molecule has 174 valence electrons. The van der Waals surface area contributed by atoms with E-state index in [1.54, 1.807) is 48.8 Å². The summed E-state index contributed by atoms with van der Waals surface area (Å²) in [6, 6.07) is 8.48. The number of carboxylic acid groups (broad SMARTS) is 2. The number of carbonyl (C=O) groups is 4. The van der Waals surface area contributed by atoms with Crippen LogP contribution in [0.1, 0.15) is 29.3 Å². The second-order valence-electron chi connectivity index (χ2n) is 7.28. The number of hydrogen-bond donors (Lipinski definition) is 4. The van der Waals surface area contributed by atoms with Crippen molar-refractivity contribution in [3.63, 3.8) is 0 Å². The number of benzene rings is 1. The van der Waals surface area contributed by atoms with Crippen LogP contribution in [0.25, 0.3) is 0 Å². The number of aliphatic carboxylic acids is 2. The van der Waals surface area contributed by atoms with Crippen LogP contribution < -0.4 is 11.1 Å². The van der Waals surface area contributed by atoms with Crippen molar-refractivity contribution in [3.05, 3.63) is 59.9 Å². The lowest BCUT2D eigenvalue weighted by atomic mass is 10.1. The number of carboxylic acids is 2. The summed E-state index contributed by atoms with van der Waals surface area (Å²) in [5.41, 5.74) is 7.41. The Bertz CT molecular complexity index is 1000. The zero-order chi connectivity index (χ0) is 24.5. The van der Waals surface area contributed by atoms with E-state index in [0.29, 0.717) is 29.1 Å². The highest BCUT2D eigenvalue weighted by atomic mass is 32.1. The van der Waals surface area contributed by atoms with Crippen LogP contribution >= 0.6 is 12.2 Å². The number of aromatic nitrogens is 1. The minimum Gasteiger partial charge on any atom is -0.480 e. The Labute approximate surface area is 195 Å². The molecule has 1 fully saturated rings. The molecule has 2 aromatic rings. The topological polar surface area (TPSA) is 163 Å². The van der Waals surface area contributed by atoms with Crippen molar-refractivity contribution < 1.29 is 29.4 Å². The van der Waals surface area contributed by atoms with E-state index in [1.165, 1.54) is 11.8 Å². The van der Waals surface area contributed by atoms with Gasteiger partial charge in [-0.2, -0.15) is 0 Å². The standard InChI is InChI=1S/C15H15N3O3.C7H9NO3S/c16-13(15(20)21)9-10-1-3-12(4-2-10)18-14(19)11-5-7-17-8-6-11;1-4(9)8-3-5(12)2-6(8)7(10)11/h1-8,13H,9,16H2,(H,18,19)(H,20,21);6H,2-3H2,1H3,(H,10,11)/t13-;6-/m00/s1. The van der Waals surface area contributed by atoms with E-state index in [2.05, 4.69) is 10.3 Å². The number of rotatable bonds is 6. The lowest BCUT2D eigenvalue weighted by Crippen LogP contribution is -2.39. The van der Waals surface area contributed by atoms with Gasteiger partial charge in [-0.15, -0.1) is 0 Å². The molecule has 0 aliphatic carbocycles. The van der Waals surface area contributed by atoms with Gasteiger partial charge in [-0.1, -0.05) is 24.4 Å². The minimum atomic E-state index is -1.04. The van der Waals surface area contributed by atoms with Gasteiger partial charge in [0.25, 0.3) is 5.91 Å². The lowest BCUT2D eigenvalue weighted by molar-refractivity contribution is -0.147. The molecule has 2 heterocycles. The fraction of sp³-hybridized carbons (Fsp3) is 0.273. The molecule has 1 aliphatic rings. The van der Waals surface area contributed by atoms with Gasteiger partial charge in [0.2, 0.25) is 5.91 Å². The molecular formula is C22H24N4O6S. The van der Waals surface area contributed by atoms with Crippen LogP contribution in [0.5, 0.6) is 0 Å². The van der Waals surface area contributed by atoms with Gasteiger partial charge in [0, 0.05) is 41.9 Å². The molecule has 33 heavy (non-hydrogen) atoms. The van der Waals surface area contributed by atoms with Crippen molar-refractivity contribution in [2.75, 3.05) is 11.9 Å². The van der Waals surface area contributed by atoms with Crippen molar-refractivity contribution in [1.82, 2.24) is 9.88 Å². The molecule has 11 heteroatoms. The monoisotopic (exact) mass is 472 g/mol. The number of nitrogens with one attached hydrogen (secondary N) is 1. The summed E-state index contributed by atoms with van der Waals surface area (Å²) in [5, 5.41) is 20.2. The predicted molar refractivity (Wildman–Crippen MR) is 124 cm³/mol. The summed E-state index contributed by atoms with van der Waals surface area (Å²) in [5.74, 6) is -2.48. The lowest BCUT2D eigenvalue weighted by Gasteiger charge is -2.18. The first kappa shape index (κ1) is 25.6. The van der Waals surface area contributed by atoms with E-state index < -0.39 is 24.0 Å². The van der Waals surface area contributed by atoms with E-state index in [9.17, 15) is 19.2 Å². The molecular weight excluding hydrogens is 448 g/mol. The highest BCUT2D eigenvalue weighted by Gasteiger charge is 2.34. The largest absolute Gasteiger partial charge is 0.480 e. The van der Waals surface area contributed by atoms with E-state index in [0.717, 1.165) is 5.56 Å². The maximum Gasteiger partial charge on any atom is 0.326 e. The van der Waals surface area contributed by atoms with Gasteiger partial charge in [-0.25, -0.2) is 4.79 Å². The molecule has 1 saturated heterocycles. The molecule has 1 aromatic heterocycles. The Kier molecular flexibility index (Phi) is 9.13. The SMILES string of the molecule is CC(=O)N1CC(=S)C[C@H]1C(=O)O.N[C@@H](Cc1ccc(NC(=O)c2ccncc2)cc1)C(=O)O. The van der Waals surface area contributed by atoms with Crippen LogP contribution in [0.3, 0.4) is 0 Å². The van der Waals surface area contributed by atoms with Gasteiger partial charge in [0.05, 0.1) is 6.54 Å². The van der Waals surface area contributed by atoms with Gasteiger partial charge in [-0.3, -0.25) is 19.4 Å². The Morgan fingerprint density at radius 1 is 1.15 bits per heavy atom. The molecule has 0 spiro atoms. The Balaban J connectivity index is 0.000000273. The zero-order valence-electron chi connectivity index (χ0n) is 17.8. The molecule has 10 nitrogen and oxygen atoms in total. The van der Waals surface area contributed by atoms with E-state index >= 15 is 0 Å². The molecule has 2 amide bonds. The number of anilines is 1. The van der Waals surface area contributed by atoms with Crippen molar-refractivity contribution in [3.8, 4) is 0 Å². The van der Waals surface area contributed by atoms with Gasteiger partial charge < -0.3 is 26.2 Å². The fourth-order valence-electron chi connectivity index (χ4n) is 3.01. The molecule has 1 aromatic carbocycles. The summed E-state index contributed by atoms with van der Waals surface area (Å²) in [7, 11) is 0. The Hall–Kier alpha value is -3.70. The predicted octanol–water partition coefficient (Wildman–Crippen LogP) is 1.35. The molecule has 1 aliphatic heterocycles. The minimum absolute atomic E-state index is 0.229. The maximum atomic E-state index is 11.9. The highest BCUT2D eigenvalue weighted by Crippen LogP contribution is 2.16. The zero-order valence-corrected chi connectivity index (χ0v) is 18.6. The molecule has 0 saturated carbocycles. The van der Waals surface area contributed by atoms with Crippen molar-refractivity contribution in [2.24, 2.45) is 5.73 Å². The average Bonchev–Trinajstić information content (AvgIpc) is 3.18. The number of thiocarbonyl (C=S) groups is 1. The van der Waals surface area contributed by atoms with E-state index in [4.69, 9.17) is 28.2 Å². The third kappa shape index (κ3) is 7.74. The number of carbonyl (C=O) groups excluding carboxylic acids is 2. The van der Waals surface area contributed by atoms with Gasteiger partial charge in [0.15, 0.2) is 0 Å². The molecule has 3 rings (SSSR count). The first-order chi connectivity index (χ1) is 15.6. The first-order valence-electron chi connectivity index (χ1n) is 9.89. The quantitative estimate of drug-likeness (QED) is 0.454. The molecule has 2 atom stereocenters. The van der Waals surface area contributed by atoms with E-state index in [-0.39, 0.29) is 18.2 Å². The number of nitrogens with two attached hydrogens (primary N) is 1. The molecule has 0 bridgehead atoms. The summed E-state index contributed by atoms with van der Waals surface area (Å²) in [6.07, 6.45) is 3.65. The fourth-order valence-corrected chi connectivity index (χ4v) is 3.31. The Morgan fingerprint density at radius 3 is 2.24 bits per heavy atom. The van der Waals surface area contributed by atoms with Gasteiger partial charge in [0.1, 0.15) is 12.1 Å². The molecule has 5 N–H and O–H groups in total. The van der Waals surface area contributed by atoms with Gasteiger partial charge >= 0.3 is 11.9 Å². The van der Waals surface area contributed by atoms with Crippen LogP contribution in [-0.4, -0.2) is 67.3 Å². The summed E-state index contributed by atoms with van der Waals surface area (Å²) in [4.78, 5) is 49.9. The number of amides is 2. The number of likely N-dealkylation sites (tertiary alicyclic amines) is 1. The first-order valence-corrected chi connectivity index (χ1v) is 10.3. The van der Waals surface area contributed by atoms with Crippen LogP contribution in [0.2, 0.25) is 0 Å². The summed E-state index contributed by atoms with van der Waals surface area (Å²) < 4.78 is 0. The number of pyridine rings is 1. The average molecular weight is 473 g/mol. The maximum absolute atomic E-state index is 11.9. The number of hydrogen-bond acceptors (Lipinski definition) is 7. The van der Waals surface area contributed by atoms with Crippen molar-refractivity contribution in [1.29, 1.82) is 0 Å². The van der Waals surface area contributed by atoms with Crippen LogP contribution in [0.4, 0.5) is 5.69 Å². The molecule has 0 unspecified atom stereocenters. The third-order valence-corrected chi connectivity index (χ3v) is 5.06. The van der Waals surface area contributed by atoms with Crippen molar-refractivity contribution in [2.45, 2.75) is 31.8 Å². The van der Waals surface area contributed by atoms with Crippen LogP contribution in [0.15, 0.2) is 48.8 Å². The van der Waals surface area contributed by atoms with Crippen molar-refractivity contribution >= 4 is 46.5 Å². The number of nitrogens with zero attached hydrogens (tertiary/aromatic N) is 2. The normalized spacial score (nSPS) is 15.8.